The van der Waals surface area contributed by atoms with Crippen molar-refractivity contribution in [2.45, 2.75) is 50.7 Å². The highest BCUT2D eigenvalue weighted by atomic mass is 32.2. The third-order valence-corrected chi connectivity index (χ3v) is 4.63. The zero-order valence-electron chi connectivity index (χ0n) is 16.5. The normalized spacial score (nSPS) is 24.2. The molecule has 0 aromatic heterocycles. The van der Waals surface area contributed by atoms with Gasteiger partial charge in [0.15, 0.2) is 9.84 Å². The Bertz CT molecular complexity index is 838. The summed E-state index contributed by atoms with van der Waals surface area (Å²) < 4.78 is 56.7. The van der Waals surface area contributed by atoms with Crippen LogP contribution < -0.4 is 0 Å². The van der Waals surface area contributed by atoms with Crippen LogP contribution in [0.15, 0.2) is 34.9 Å². The smallest absolute Gasteiger partial charge is 0.374 e. The van der Waals surface area contributed by atoms with Gasteiger partial charge in [-0.05, 0) is 44.9 Å². The van der Waals surface area contributed by atoms with E-state index in [1.807, 2.05) is 6.92 Å². The Labute approximate surface area is 141 Å². The van der Waals surface area contributed by atoms with Crippen LogP contribution in [0.4, 0.5) is 0 Å². The molecule has 0 bridgehead atoms. The first kappa shape index (κ1) is 13.6. The van der Waals surface area contributed by atoms with Crippen molar-refractivity contribution < 1.29 is 26.8 Å². The van der Waals surface area contributed by atoms with Gasteiger partial charge in [-0.15, -0.1) is 0 Å². The van der Waals surface area contributed by atoms with Crippen LogP contribution in [0.5, 0.6) is 0 Å². The van der Waals surface area contributed by atoms with E-state index < -0.39 is 27.6 Å². The number of cyclic esters (lactones) is 1. The number of sulfone groups is 1. The number of ether oxygens (including phenoxy) is 2. The van der Waals surface area contributed by atoms with Crippen molar-refractivity contribution in [2.75, 3.05) is 6.18 Å². The van der Waals surface area contributed by atoms with Crippen LogP contribution in [0.1, 0.15) is 43.8 Å². The molecule has 0 saturated carbocycles. The largest absolute Gasteiger partial charge is 0.484 e. The molecule has 0 amide bonds. The molecule has 126 valence electrons. The molecule has 1 aromatic rings. The Kier molecular flexibility index (Phi) is 3.55. The molecule has 2 rings (SSSR count). The molecule has 1 aliphatic rings. The predicted octanol–water partition coefficient (Wildman–Crippen LogP) is 2.95. The zero-order valence-corrected chi connectivity index (χ0v) is 14.4. The van der Waals surface area contributed by atoms with Gasteiger partial charge in [-0.1, -0.05) is 19.1 Å². The first-order valence-corrected chi connectivity index (χ1v) is 8.81. The average Bonchev–Trinajstić information content (AvgIpc) is 2.77. The molecule has 6 heteroatoms. The molecule has 23 heavy (non-hydrogen) atoms. The Morgan fingerprint density at radius 2 is 1.91 bits per heavy atom. The van der Waals surface area contributed by atoms with E-state index in [0.717, 1.165) is 0 Å². The summed E-state index contributed by atoms with van der Waals surface area (Å²) in [4.78, 5) is 11.9. The Morgan fingerprint density at radius 3 is 2.39 bits per heavy atom. The van der Waals surface area contributed by atoms with Gasteiger partial charge in [0.05, 0.1) is 16.6 Å². The number of carbonyl (C=O) groups is 1. The van der Waals surface area contributed by atoms with Gasteiger partial charge in [-0.25, -0.2) is 13.2 Å². The lowest BCUT2D eigenvalue weighted by molar-refractivity contribution is -0.148. The fraction of sp³-hybridized carbons (Fsp3) is 0.471. The molecule has 1 heterocycles. The summed E-state index contributed by atoms with van der Waals surface area (Å²) in [6, 6.07) is 5.37. The van der Waals surface area contributed by atoms with Crippen LogP contribution in [0.2, 0.25) is 0 Å². The van der Waals surface area contributed by atoms with E-state index >= 15 is 0 Å². The Balaban J connectivity index is 2.57. The molecule has 0 N–H and O–H groups in total. The molecule has 1 aliphatic heterocycles. The standard InChI is InChI=1S/C17H22O5S/c1-6-17(4)14(15(16(18)22-17)21-11(2)3)12-7-9-13(10-8-12)23(5,19)20/h7-11H,6H2,1-5H3/t17-/m0/s1/i5D3. The van der Waals surface area contributed by atoms with Crippen molar-refractivity contribution in [1.82, 2.24) is 0 Å². The van der Waals surface area contributed by atoms with E-state index in [1.54, 1.807) is 20.8 Å². The van der Waals surface area contributed by atoms with E-state index in [4.69, 9.17) is 13.6 Å². The van der Waals surface area contributed by atoms with Gasteiger partial charge in [0.25, 0.3) is 0 Å². The highest BCUT2D eigenvalue weighted by Gasteiger charge is 2.45. The third kappa shape index (κ3) is 3.42. The van der Waals surface area contributed by atoms with E-state index in [9.17, 15) is 13.2 Å². The minimum atomic E-state index is -4.44. The van der Waals surface area contributed by atoms with Crippen LogP contribution in [0.3, 0.4) is 0 Å². The Morgan fingerprint density at radius 1 is 1.30 bits per heavy atom. The molecule has 1 aromatic carbocycles. The molecule has 0 fully saturated rings. The number of esters is 1. The predicted molar refractivity (Wildman–Crippen MR) is 87.5 cm³/mol. The highest BCUT2D eigenvalue weighted by Crippen LogP contribution is 2.42. The number of benzene rings is 1. The minimum absolute atomic E-state index is 0.0933. The number of hydrogen-bond acceptors (Lipinski definition) is 5. The first-order chi connectivity index (χ1) is 11.8. The quantitative estimate of drug-likeness (QED) is 0.770. The van der Waals surface area contributed by atoms with Gasteiger partial charge in [0.1, 0.15) is 5.60 Å². The summed E-state index contributed by atoms with van der Waals surface area (Å²) in [5.41, 5.74) is 0.156. The first-order valence-electron chi connectivity index (χ1n) is 8.83. The second-order valence-electron chi connectivity index (χ2n) is 5.87. The average molecular weight is 341 g/mol. The fourth-order valence-electron chi connectivity index (χ4n) is 2.47. The third-order valence-electron chi connectivity index (χ3n) is 3.74. The van der Waals surface area contributed by atoms with E-state index in [1.165, 1.54) is 24.3 Å². The SMILES string of the molecule is [2H]C([2H])([2H])S(=O)(=O)c1ccc(C2=C(OC(C)C)C(=O)O[C@@]2(C)CC)cc1. The summed E-state index contributed by atoms with van der Waals surface area (Å²) in [6.07, 6.45) is -2.89. The van der Waals surface area contributed by atoms with Crippen LogP contribution >= 0.6 is 0 Å². The van der Waals surface area contributed by atoms with Gasteiger partial charge in [-0.3, -0.25) is 0 Å². The lowest BCUT2D eigenvalue weighted by atomic mass is 9.88. The van der Waals surface area contributed by atoms with Gasteiger partial charge >= 0.3 is 5.97 Å². The maximum absolute atomic E-state index is 12.3. The maximum Gasteiger partial charge on any atom is 0.374 e. The fourth-order valence-corrected chi connectivity index (χ4v) is 2.97. The lowest BCUT2D eigenvalue weighted by Gasteiger charge is -2.25. The molecular formula is C17H22O5S. The Hall–Kier alpha value is -1.82. The van der Waals surface area contributed by atoms with E-state index in [2.05, 4.69) is 0 Å². The number of rotatable bonds is 5. The van der Waals surface area contributed by atoms with Crippen LogP contribution in [-0.2, 0) is 24.1 Å². The second kappa shape index (κ2) is 6.00. The molecule has 0 unspecified atom stereocenters. The van der Waals surface area contributed by atoms with Crippen molar-refractivity contribution in [3.63, 3.8) is 0 Å². The summed E-state index contributed by atoms with van der Waals surface area (Å²) in [5, 5.41) is 0. The van der Waals surface area contributed by atoms with Crippen molar-refractivity contribution in [1.29, 1.82) is 0 Å². The van der Waals surface area contributed by atoms with Crippen LogP contribution in [0.25, 0.3) is 5.57 Å². The van der Waals surface area contributed by atoms with Crippen LogP contribution in [0, 0.1) is 0 Å². The summed E-state index contributed by atoms with van der Waals surface area (Å²) >= 11 is 0. The number of carbonyl (C=O) groups excluding carboxylic acids is 1. The minimum Gasteiger partial charge on any atom is -0.484 e. The monoisotopic (exact) mass is 341 g/mol. The summed E-state index contributed by atoms with van der Waals surface area (Å²) in [7, 11) is -4.44. The molecule has 0 spiro atoms. The van der Waals surface area contributed by atoms with Gasteiger partial charge < -0.3 is 9.47 Å². The topological polar surface area (TPSA) is 69.7 Å². The summed E-state index contributed by atoms with van der Waals surface area (Å²) in [6.45, 7) is 7.18. The molecule has 5 nitrogen and oxygen atoms in total. The molecular weight excluding hydrogens is 316 g/mol. The van der Waals surface area contributed by atoms with Gasteiger partial charge in [-0.2, -0.15) is 0 Å². The molecule has 0 radical (unpaired) electrons. The van der Waals surface area contributed by atoms with Crippen molar-refractivity contribution >= 4 is 21.4 Å². The second-order valence-corrected chi connectivity index (χ2v) is 7.35. The van der Waals surface area contributed by atoms with E-state index in [0.29, 0.717) is 17.6 Å². The van der Waals surface area contributed by atoms with Crippen molar-refractivity contribution in [3.05, 3.63) is 35.6 Å². The van der Waals surface area contributed by atoms with Gasteiger partial charge in [0, 0.05) is 10.3 Å². The molecule has 0 saturated heterocycles. The lowest BCUT2D eigenvalue weighted by Crippen LogP contribution is -2.26. The maximum atomic E-state index is 12.3. The van der Waals surface area contributed by atoms with Gasteiger partial charge in [0.2, 0.25) is 5.76 Å². The summed E-state index contributed by atoms with van der Waals surface area (Å²) in [5.74, 6) is -0.479. The molecule has 1 atom stereocenters. The van der Waals surface area contributed by atoms with E-state index in [-0.39, 0.29) is 16.8 Å². The molecule has 0 aliphatic carbocycles. The number of hydrogen-bond donors (Lipinski definition) is 0. The van der Waals surface area contributed by atoms with Crippen LogP contribution in [-0.4, -0.2) is 32.3 Å². The van der Waals surface area contributed by atoms with Crippen molar-refractivity contribution in [2.24, 2.45) is 0 Å². The van der Waals surface area contributed by atoms with Crippen molar-refractivity contribution in [3.8, 4) is 0 Å². The highest BCUT2D eigenvalue weighted by molar-refractivity contribution is 7.90. The zero-order chi connectivity index (χ0) is 19.9.